The first-order valence-electron chi connectivity index (χ1n) is 6.01. The molecule has 1 N–H and O–H groups in total. The van der Waals surface area contributed by atoms with E-state index >= 15 is 0 Å². The summed E-state index contributed by atoms with van der Waals surface area (Å²) < 4.78 is 6.27. The van der Waals surface area contributed by atoms with Crippen molar-refractivity contribution in [1.29, 1.82) is 0 Å². The zero-order chi connectivity index (χ0) is 12.2. The standard InChI is InChI=1S/C12H16N2O3/c1-3-8-10-6-4-7(6)12(16)11(10)14(13-8)5-9(15)17-2/h6-7,12,16H,3-5H2,1-2H3/t6-,7+,12?/m0/s1. The van der Waals surface area contributed by atoms with Crippen molar-refractivity contribution in [1.82, 2.24) is 9.78 Å². The highest BCUT2D eigenvalue weighted by Crippen LogP contribution is 2.62. The molecule has 5 nitrogen and oxygen atoms in total. The van der Waals surface area contributed by atoms with Crippen molar-refractivity contribution < 1.29 is 14.6 Å². The average molecular weight is 236 g/mol. The molecule has 5 heteroatoms. The van der Waals surface area contributed by atoms with Crippen molar-refractivity contribution in [3.8, 4) is 0 Å². The number of hydrogen-bond donors (Lipinski definition) is 1. The number of aliphatic hydroxyl groups excluding tert-OH is 1. The molecule has 92 valence electrons. The lowest BCUT2D eigenvalue weighted by Crippen LogP contribution is -2.17. The Morgan fingerprint density at radius 2 is 2.41 bits per heavy atom. The van der Waals surface area contributed by atoms with Gasteiger partial charge >= 0.3 is 5.97 Å². The highest BCUT2D eigenvalue weighted by Gasteiger charge is 2.55. The van der Waals surface area contributed by atoms with Gasteiger partial charge in [0, 0.05) is 5.56 Å². The number of hydrogen-bond acceptors (Lipinski definition) is 4. The number of aromatic nitrogens is 2. The molecule has 17 heavy (non-hydrogen) atoms. The second-order valence-electron chi connectivity index (χ2n) is 4.78. The van der Waals surface area contributed by atoms with Gasteiger partial charge < -0.3 is 9.84 Å². The number of carbonyl (C=O) groups is 1. The Morgan fingerprint density at radius 3 is 3.06 bits per heavy atom. The molecule has 1 fully saturated rings. The molecule has 1 saturated carbocycles. The fourth-order valence-corrected chi connectivity index (χ4v) is 2.92. The second-order valence-corrected chi connectivity index (χ2v) is 4.78. The number of fused-ring (bicyclic) bond motifs is 3. The molecular formula is C12H16N2O3. The Morgan fingerprint density at radius 1 is 1.65 bits per heavy atom. The van der Waals surface area contributed by atoms with E-state index in [4.69, 9.17) is 0 Å². The third kappa shape index (κ3) is 1.42. The van der Waals surface area contributed by atoms with E-state index in [1.165, 1.54) is 12.7 Å². The van der Waals surface area contributed by atoms with Crippen molar-refractivity contribution in [2.75, 3.05) is 7.11 Å². The van der Waals surface area contributed by atoms with Gasteiger partial charge in [-0.05, 0) is 24.7 Å². The predicted molar refractivity (Wildman–Crippen MR) is 59.4 cm³/mol. The summed E-state index contributed by atoms with van der Waals surface area (Å²) in [5.74, 6) is 0.504. The van der Waals surface area contributed by atoms with Gasteiger partial charge in [0.2, 0.25) is 0 Å². The molecule has 0 amide bonds. The van der Waals surface area contributed by atoms with Crippen LogP contribution in [0.3, 0.4) is 0 Å². The van der Waals surface area contributed by atoms with Gasteiger partial charge in [-0.1, -0.05) is 6.92 Å². The Balaban J connectivity index is 2.00. The Labute approximate surface area is 99.4 Å². The average Bonchev–Trinajstić information content (AvgIpc) is 2.96. The smallest absolute Gasteiger partial charge is 0.327 e. The van der Waals surface area contributed by atoms with Crippen LogP contribution in [-0.2, 0) is 22.5 Å². The summed E-state index contributed by atoms with van der Waals surface area (Å²) >= 11 is 0. The summed E-state index contributed by atoms with van der Waals surface area (Å²) in [6.07, 6.45) is 1.45. The van der Waals surface area contributed by atoms with E-state index in [1.807, 2.05) is 6.92 Å². The van der Waals surface area contributed by atoms with E-state index in [0.717, 1.165) is 24.2 Å². The Hall–Kier alpha value is -1.36. The largest absolute Gasteiger partial charge is 0.468 e. The van der Waals surface area contributed by atoms with Crippen LogP contribution in [0.25, 0.3) is 0 Å². The van der Waals surface area contributed by atoms with Gasteiger partial charge in [-0.15, -0.1) is 0 Å². The molecule has 0 aliphatic heterocycles. The third-order valence-corrected chi connectivity index (χ3v) is 3.84. The van der Waals surface area contributed by atoms with Crippen LogP contribution >= 0.6 is 0 Å². The van der Waals surface area contributed by atoms with E-state index in [0.29, 0.717) is 11.8 Å². The highest BCUT2D eigenvalue weighted by molar-refractivity contribution is 5.69. The molecule has 0 bridgehead atoms. The van der Waals surface area contributed by atoms with Gasteiger partial charge in [0.1, 0.15) is 6.54 Å². The molecule has 1 unspecified atom stereocenters. The molecule has 3 rings (SSSR count). The first-order valence-corrected chi connectivity index (χ1v) is 6.01. The minimum atomic E-state index is -0.451. The van der Waals surface area contributed by atoms with Crippen molar-refractivity contribution in [2.45, 2.75) is 38.3 Å². The van der Waals surface area contributed by atoms with Crippen molar-refractivity contribution in [3.63, 3.8) is 0 Å². The first-order chi connectivity index (χ1) is 8.17. The second kappa shape index (κ2) is 3.57. The van der Waals surface area contributed by atoms with Crippen LogP contribution in [0.4, 0.5) is 0 Å². The molecule has 0 aromatic carbocycles. The maximum Gasteiger partial charge on any atom is 0.327 e. The van der Waals surface area contributed by atoms with E-state index in [2.05, 4.69) is 9.84 Å². The predicted octanol–water partition coefficient (Wildman–Crippen LogP) is 0.769. The van der Waals surface area contributed by atoms with Crippen LogP contribution in [0.1, 0.15) is 42.3 Å². The molecule has 0 radical (unpaired) electrons. The van der Waals surface area contributed by atoms with Crippen LogP contribution in [-0.4, -0.2) is 28.0 Å². The fraction of sp³-hybridized carbons (Fsp3) is 0.667. The maximum atomic E-state index is 11.3. The van der Waals surface area contributed by atoms with Crippen LogP contribution in [0, 0.1) is 5.92 Å². The lowest BCUT2D eigenvalue weighted by atomic mass is 10.1. The van der Waals surface area contributed by atoms with Crippen molar-refractivity contribution in [3.05, 3.63) is 17.0 Å². The van der Waals surface area contributed by atoms with Crippen LogP contribution in [0.15, 0.2) is 0 Å². The monoisotopic (exact) mass is 236 g/mol. The number of methoxy groups -OCH3 is 1. The van der Waals surface area contributed by atoms with Gasteiger partial charge in [-0.3, -0.25) is 9.48 Å². The quantitative estimate of drug-likeness (QED) is 0.787. The molecule has 2 aliphatic rings. The van der Waals surface area contributed by atoms with Crippen molar-refractivity contribution in [2.24, 2.45) is 5.92 Å². The lowest BCUT2D eigenvalue weighted by molar-refractivity contribution is -0.141. The number of aryl methyl sites for hydroxylation is 1. The Kier molecular flexibility index (Phi) is 2.26. The highest BCUT2D eigenvalue weighted by atomic mass is 16.5. The minimum Gasteiger partial charge on any atom is -0.468 e. The normalized spacial score (nSPS) is 28.8. The fourth-order valence-electron chi connectivity index (χ4n) is 2.92. The summed E-state index contributed by atoms with van der Waals surface area (Å²) in [4.78, 5) is 11.3. The van der Waals surface area contributed by atoms with Crippen LogP contribution in [0.2, 0.25) is 0 Å². The van der Waals surface area contributed by atoms with E-state index in [1.54, 1.807) is 4.68 Å². The first kappa shape index (κ1) is 10.8. The number of rotatable bonds is 3. The van der Waals surface area contributed by atoms with Crippen molar-refractivity contribution >= 4 is 5.97 Å². The molecule has 2 aliphatic carbocycles. The van der Waals surface area contributed by atoms with E-state index < -0.39 is 6.10 Å². The summed E-state index contributed by atoms with van der Waals surface area (Å²) in [5.41, 5.74) is 3.05. The molecule has 1 heterocycles. The summed E-state index contributed by atoms with van der Waals surface area (Å²) in [6, 6.07) is 0. The molecule has 3 atom stereocenters. The third-order valence-electron chi connectivity index (χ3n) is 3.84. The van der Waals surface area contributed by atoms with Gasteiger partial charge in [0.25, 0.3) is 0 Å². The minimum absolute atomic E-state index is 0.0926. The summed E-state index contributed by atoms with van der Waals surface area (Å²) in [5, 5.41) is 14.6. The van der Waals surface area contributed by atoms with Gasteiger partial charge in [-0.25, -0.2) is 0 Å². The number of esters is 1. The number of nitrogens with zero attached hydrogens (tertiary/aromatic N) is 2. The molecule has 1 aromatic rings. The zero-order valence-electron chi connectivity index (χ0n) is 10.0. The van der Waals surface area contributed by atoms with Crippen LogP contribution < -0.4 is 0 Å². The molecular weight excluding hydrogens is 220 g/mol. The zero-order valence-corrected chi connectivity index (χ0v) is 10.0. The summed E-state index contributed by atoms with van der Waals surface area (Å²) in [7, 11) is 1.36. The maximum absolute atomic E-state index is 11.3. The lowest BCUT2D eigenvalue weighted by Gasteiger charge is -2.09. The van der Waals surface area contributed by atoms with Gasteiger partial charge in [0.15, 0.2) is 0 Å². The SMILES string of the molecule is CCc1nn(CC(=O)OC)c2c1[C@H]1C[C@H]1C2O. The van der Waals surface area contributed by atoms with Crippen LogP contribution in [0.5, 0.6) is 0 Å². The number of aliphatic hydroxyl groups is 1. The van der Waals surface area contributed by atoms with E-state index in [-0.39, 0.29) is 12.5 Å². The van der Waals surface area contributed by atoms with Gasteiger partial charge in [0.05, 0.1) is 24.6 Å². The Bertz CT molecular complexity index is 480. The van der Waals surface area contributed by atoms with Gasteiger partial charge in [-0.2, -0.15) is 5.10 Å². The topological polar surface area (TPSA) is 64.4 Å². The molecule has 1 aromatic heterocycles. The number of ether oxygens (including phenoxy) is 1. The van der Waals surface area contributed by atoms with E-state index in [9.17, 15) is 9.90 Å². The summed E-state index contributed by atoms with van der Waals surface area (Å²) in [6.45, 7) is 2.14. The molecule has 0 spiro atoms. The number of carbonyl (C=O) groups excluding carboxylic acids is 1. The molecule has 0 saturated heterocycles.